The number of likely N-dealkylation sites (tertiary alicyclic amines) is 1. The van der Waals surface area contributed by atoms with E-state index in [9.17, 15) is 9.59 Å². The predicted octanol–water partition coefficient (Wildman–Crippen LogP) is 1.90. The van der Waals surface area contributed by atoms with Crippen LogP contribution in [0.5, 0.6) is 0 Å². The number of aryl methyl sites for hydroxylation is 1. The number of carbonyl (C=O) groups is 1. The third-order valence-corrected chi connectivity index (χ3v) is 5.13. The number of piperidine rings is 1. The molecule has 1 aliphatic rings. The fourth-order valence-corrected chi connectivity index (χ4v) is 3.73. The van der Waals surface area contributed by atoms with E-state index in [0.29, 0.717) is 18.5 Å². The SMILES string of the molecule is Cc1nn(CC(=O)N2CCC[C@@H](c3ccncn3)C2)c(=O)c2ccccc12. The third-order valence-electron chi connectivity index (χ3n) is 5.13. The quantitative estimate of drug-likeness (QED) is 0.710. The summed E-state index contributed by atoms with van der Waals surface area (Å²) in [4.78, 5) is 35.6. The molecule has 2 aromatic heterocycles. The van der Waals surface area contributed by atoms with Crippen molar-refractivity contribution in [2.24, 2.45) is 0 Å². The van der Waals surface area contributed by atoms with E-state index in [-0.39, 0.29) is 23.9 Å². The van der Waals surface area contributed by atoms with Crippen molar-refractivity contribution in [2.45, 2.75) is 32.2 Å². The Morgan fingerprint density at radius 3 is 2.81 bits per heavy atom. The zero-order valence-corrected chi connectivity index (χ0v) is 15.2. The number of amides is 1. The van der Waals surface area contributed by atoms with Crippen LogP contribution < -0.4 is 5.56 Å². The maximum absolute atomic E-state index is 12.8. The van der Waals surface area contributed by atoms with E-state index in [1.165, 1.54) is 11.0 Å². The molecular weight excluding hydrogens is 342 g/mol. The summed E-state index contributed by atoms with van der Waals surface area (Å²) < 4.78 is 1.29. The van der Waals surface area contributed by atoms with Crippen molar-refractivity contribution in [3.63, 3.8) is 0 Å². The van der Waals surface area contributed by atoms with E-state index in [1.807, 2.05) is 36.1 Å². The molecule has 138 valence electrons. The number of rotatable bonds is 3. The van der Waals surface area contributed by atoms with Gasteiger partial charge in [0.05, 0.1) is 11.1 Å². The van der Waals surface area contributed by atoms with Gasteiger partial charge in [0.15, 0.2) is 0 Å². The van der Waals surface area contributed by atoms with Crippen molar-refractivity contribution in [3.8, 4) is 0 Å². The Labute approximate surface area is 156 Å². The molecule has 1 amide bonds. The summed E-state index contributed by atoms with van der Waals surface area (Å²) in [6.45, 7) is 3.12. The van der Waals surface area contributed by atoms with Gasteiger partial charge in [-0.2, -0.15) is 5.10 Å². The molecule has 7 heteroatoms. The second-order valence-electron chi connectivity index (χ2n) is 6.91. The van der Waals surface area contributed by atoms with Gasteiger partial charge in [-0.1, -0.05) is 18.2 Å². The minimum atomic E-state index is -0.228. The Balaban J connectivity index is 1.55. The summed E-state index contributed by atoms with van der Waals surface area (Å²) in [7, 11) is 0. The minimum absolute atomic E-state index is 0.0407. The first-order chi connectivity index (χ1) is 13.1. The van der Waals surface area contributed by atoms with Gasteiger partial charge in [0.25, 0.3) is 5.56 Å². The zero-order valence-electron chi connectivity index (χ0n) is 15.2. The van der Waals surface area contributed by atoms with Crippen molar-refractivity contribution in [2.75, 3.05) is 13.1 Å². The lowest BCUT2D eigenvalue weighted by atomic mass is 9.94. The van der Waals surface area contributed by atoms with Gasteiger partial charge in [-0.25, -0.2) is 14.6 Å². The van der Waals surface area contributed by atoms with Crippen LogP contribution in [0.15, 0.2) is 47.7 Å². The summed E-state index contributed by atoms with van der Waals surface area (Å²) in [6, 6.07) is 9.26. The number of fused-ring (bicyclic) bond motifs is 1. The number of nitrogens with zero attached hydrogens (tertiary/aromatic N) is 5. The lowest BCUT2D eigenvalue weighted by molar-refractivity contribution is -0.133. The summed E-state index contributed by atoms with van der Waals surface area (Å²) >= 11 is 0. The van der Waals surface area contributed by atoms with Gasteiger partial charge in [-0.3, -0.25) is 9.59 Å². The Morgan fingerprint density at radius 1 is 1.22 bits per heavy atom. The van der Waals surface area contributed by atoms with Gasteiger partial charge in [0.2, 0.25) is 5.91 Å². The van der Waals surface area contributed by atoms with Crippen LogP contribution in [0.3, 0.4) is 0 Å². The molecule has 0 bridgehead atoms. The van der Waals surface area contributed by atoms with Gasteiger partial charge in [0.1, 0.15) is 12.9 Å². The summed E-state index contributed by atoms with van der Waals surface area (Å²) in [5, 5.41) is 5.77. The second kappa shape index (κ2) is 7.26. The van der Waals surface area contributed by atoms with Crippen LogP contribution in [0.25, 0.3) is 10.8 Å². The molecule has 0 aliphatic carbocycles. The fourth-order valence-electron chi connectivity index (χ4n) is 3.73. The molecule has 3 aromatic rings. The van der Waals surface area contributed by atoms with E-state index in [0.717, 1.165) is 29.6 Å². The van der Waals surface area contributed by atoms with Crippen molar-refractivity contribution in [1.29, 1.82) is 0 Å². The highest BCUT2D eigenvalue weighted by Gasteiger charge is 2.26. The molecule has 3 heterocycles. The molecule has 0 saturated carbocycles. The molecule has 1 saturated heterocycles. The number of carbonyl (C=O) groups excluding carboxylic acids is 1. The molecule has 7 nitrogen and oxygen atoms in total. The highest BCUT2D eigenvalue weighted by molar-refractivity contribution is 5.83. The first kappa shape index (κ1) is 17.3. The molecule has 1 fully saturated rings. The van der Waals surface area contributed by atoms with E-state index < -0.39 is 0 Å². The van der Waals surface area contributed by atoms with E-state index in [4.69, 9.17) is 0 Å². The largest absolute Gasteiger partial charge is 0.340 e. The van der Waals surface area contributed by atoms with Gasteiger partial charge >= 0.3 is 0 Å². The Hall–Kier alpha value is -3.09. The fraction of sp³-hybridized carbons (Fsp3) is 0.350. The molecule has 0 unspecified atom stereocenters. The standard InChI is InChI=1S/C20H21N5O2/c1-14-16-6-2-3-7-17(16)20(27)25(23-14)12-19(26)24-10-4-5-15(11-24)18-8-9-21-13-22-18/h2-3,6-9,13,15H,4-5,10-12H2,1H3/t15-/m1/s1. The van der Waals surface area contributed by atoms with E-state index >= 15 is 0 Å². The van der Waals surface area contributed by atoms with Gasteiger partial charge in [-0.05, 0) is 31.9 Å². The minimum Gasteiger partial charge on any atom is -0.340 e. The maximum Gasteiger partial charge on any atom is 0.275 e. The van der Waals surface area contributed by atoms with Crippen molar-refractivity contribution in [1.82, 2.24) is 24.6 Å². The van der Waals surface area contributed by atoms with Crippen LogP contribution in [0.1, 0.15) is 30.1 Å². The maximum atomic E-state index is 12.8. The Bertz CT molecular complexity index is 1030. The molecule has 1 atom stereocenters. The highest BCUT2D eigenvalue weighted by atomic mass is 16.2. The average Bonchev–Trinajstić information content (AvgIpc) is 2.72. The summed E-state index contributed by atoms with van der Waals surface area (Å²) in [5.41, 5.74) is 1.48. The number of hydrogen-bond acceptors (Lipinski definition) is 5. The van der Waals surface area contributed by atoms with Crippen molar-refractivity contribution >= 4 is 16.7 Å². The van der Waals surface area contributed by atoms with E-state index in [2.05, 4.69) is 15.1 Å². The lowest BCUT2D eigenvalue weighted by Crippen LogP contribution is -2.42. The highest BCUT2D eigenvalue weighted by Crippen LogP contribution is 2.25. The second-order valence-corrected chi connectivity index (χ2v) is 6.91. The summed E-state index contributed by atoms with van der Waals surface area (Å²) in [5.74, 6) is 0.117. The molecule has 0 spiro atoms. The molecule has 0 radical (unpaired) electrons. The zero-order chi connectivity index (χ0) is 18.8. The van der Waals surface area contributed by atoms with Crippen LogP contribution in [0.4, 0.5) is 0 Å². The predicted molar refractivity (Wildman–Crippen MR) is 101 cm³/mol. The molecule has 1 aliphatic heterocycles. The molecule has 1 aromatic carbocycles. The number of hydrogen-bond donors (Lipinski definition) is 0. The molecular formula is C20H21N5O2. The normalized spacial score (nSPS) is 17.2. The lowest BCUT2D eigenvalue weighted by Gasteiger charge is -2.32. The smallest absolute Gasteiger partial charge is 0.275 e. The van der Waals surface area contributed by atoms with Crippen LogP contribution >= 0.6 is 0 Å². The summed E-state index contributed by atoms with van der Waals surface area (Å²) in [6.07, 6.45) is 5.18. The van der Waals surface area contributed by atoms with Crippen molar-refractivity contribution < 1.29 is 4.79 Å². The van der Waals surface area contributed by atoms with Gasteiger partial charge in [0, 0.05) is 36.3 Å². The van der Waals surface area contributed by atoms with Gasteiger partial charge < -0.3 is 4.90 Å². The van der Waals surface area contributed by atoms with Crippen LogP contribution in [0, 0.1) is 6.92 Å². The average molecular weight is 363 g/mol. The number of aromatic nitrogens is 4. The molecule has 0 N–H and O–H groups in total. The monoisotopic (exact) mass is 363 g/mol. The molecule has 4 rings (SSSR count). The number of benzene rings is 1. The topological polar surface area (TPSA) is 81.0 Å². The first-order valence-corrected chi connectivity index (χ1v) is 9.13. The Kier molecular flexibility index (Phi) is 4.66. The van der Waals surface area contributed by atoms with Crippen LogP contribution in [0.2, 0.25) is 0 Å². The van der Waals surface area contributed by atoms with Gasteiger partial charge in [-0.15, -0.1) is 0 Å². The first-order valence-electron chi connectivity index (χ1n) is 9.13. The van der Waals surface area contributed by atoms with Crippen LogP contribution in [-0.4, -0.2) is 43.6 Å². The van der Waals surface area contributed by atoms with Crippen molar-refractivity contribution in [3.05, 3.63) is 64.6 Å². The van der Waals surface area contributed by atoms with E-state index in [1.54, 1.807) is 12.3 Å². The molecule has 27 heavy (non-hydrogen) atoms. The Morgan fingerprint density at radius 2 is 2.04 bits per heavy atom. The van der Waals surface area contributed by atoms with Crippen LogP contribution in [-0.2, 0) is 11.3 Å². The third kappa shape index (κ3) is 3.45.